The first kappa shape index (κ1) is 21.8. The van der Waals surface area contributed by atoms with Gasteiger partial charge in [0.15, 0.2) is 11.5 Å². The average molecular weight is 427 g/mol. The van der Waals surface area contributed by atoms with Crippen LogP contribution in [0.4, 0.5) is 4.79 Å². The summed E-state index contributed by atoms with van der Waals surface area (Å²) in [5, 5.41) is 0. The standard InChI is InChI=1S/C22H21NO8/c1-22(2)12-14-6-5-7-16(17(14)31-22)30-21(27)23(3)18(24)20(26)29-15-10-8-13(9-11-15)19(25)28-4/h5-11H,12H2,1-4H3. The van der Waals surface area contributed by atoms with Gasteiger partial charge in [-0.1, -0.05) is 12.1 Å². The molecule has 0 saturated heterocycles. The van der Waals surface area contributed by atoms with Gasteiger partial charge in [0.1, 0.15) is 11.4 Å². The number of hydrogen-bond acceptors (Lipinski definition) is 8. The third-order valence-corrected chi connectivity index (χ3v) is 4.49. The highest BCUT2D eigenvalue weighted by atomic mass is 16.6. The molecule has 0 unspecified atom stereocenters. The monoisotopic (exact) mass is 427 g/mol. The number of esters is 2. The van der Waals surface area contributed by atoms with Gasteiger partial charge in [0.25, 0.3) is 0 Å². The number of benzene rings is 2. The van der Waals surface area contributed by atoms with E-state index in [1.54, 1.807) is 6.07 Å². The number of ether oxygens (including phenoxy) is 4. The summed E-state index contributed by atoms with van der Waals surface area (Å²) < 4.78 is 20.6. The van der Waals surface area contributed by atoms with Crippen LogP contribution in [0, 0.1) is 0 Å². The van der Waals surface area contributed by atoms with Crippen molar-refractivity contribution in [2.75, 3.05) is 14.2 Å². The quantitative estimate of drug-likeness (QED) is 0.418. The Hall–Kier alpha value is -3.88. The van der Waals surface area contributed by atoms with E-state index in [4.69, 9.17) is 14.2 Å². The Labute approximate surface area is 178 Å². The van der Waals surface area contributed by atoms with Crippen molar-refractivity contribution in [2.45, 2.75) is 25.9 Å². The molecule has 2 amide bonds. The molecule has 0 atom stereocenters. The van der Waals surface area contributed by atoms with Gasteiger partial charge in [-0.15, -0.1) is 0 Å². The van der Waals surface area contributed by atoms with Gasteiger partial charge >= 0.3 is 23.9 Å². The highest BCUT2D eigenvalue weighted by Crippen LogP contribution is 2.41. The molecule has 0 saturated carbocycles. The number of methoxy groups -OCH3 is 1. The number of rotatable bonds is 3. The largest absolute Gasteiger partial charge is 0.483 e. The molecule has 162 valence electrons. The van der Waals surface area contributed by atoms with Crippen LogP contribution in [0.3, 0.4) is 0 Å². The van der Waals surface area contributed by atoms with Crippen molar-refractivity contribution in [3.05, 3.63) is 53.6 Å². The number of nitrogens with zero attached hydrogens (tertiary/aromatic N) is 1. The first-order valence-electron chi connectivity index (χ1n) is 9.32. The number of carbonyl (C=O) groups excluding carboxylic acids is 4. The first-order valence-corrected chi connectivity index (χ1v) is 9.32. The molecule has 0 spiro atoms. The molecule has 1 aliphatic rings. The molecule has 0 fully saturated rings. The second-order valence-electron chi connectivity index (χ2n) is 7.42. The smallest absolute Gasteiger partial charge is 0.422 e. The van der Waals surface area contributed by atoms with Crippen LogP contribution in [-0.4, -0.2) is 48.6 Å². The molecular formula is C22H21NO8. The van der Waals surface area contributed by atoms with E-state index in [-0.39, 0.29) is 17.1 Å². The Morgan fingerprint density at radius 3 is 2.32 bits per heavy atom. The lowest BCUT2D eigenvalue weighted by molar-refractivity contribution is -0.152. The molecular weight excluding hydrogens is 406 g/mol. The summed E-state index contributed by atoms with van der Waals surface area (Å²) in [5.74, 6) is -2.48. The topological polar surface area (TPSA) is 108 Å². The van der Waals surface area contributed by atoms with Crippen molar-refractivity contribution < 1.29 is 38.1 Å². The van der Waals surface area contributed by atoms with Gasteiger partial charge < -0.3 is 18.9 Å². The molecule has 0 aliphatic carbocycles. The summed E-state index contributed by atoms with van der Waals surface area (Å²) in [6, 6.07) is 10.5. The second kappa shape index (κ2) is 8.47. The summed E-state index contributed by atoms with van der Waals surface area (Å²) in [4.78, 5) is 48.7. The van der Waals surface area contributed by atoms with E-state index < -0.39 is 29.5 Å². The predicted molar refractivity (Wildman–Crippen MR) is 107 cm³/mol. The minimum absolute atomic E-state index is 0.0179. The van der Waals surface area contributed by atoms with E-state index in [9.17, 15) is 19.2 Å². The highest BCUT2D eigenvalue weighted by Gasteiger charge is 2.34. The molecule has 0 N–H and O–H groups in total. The first-order chi connectivity index (χ1) is 14.6. The maximum atomic E-state index is 12.4. The maximum Gasteiger partial charge on any atom is 0.422 e. The number of amides is 2. The van der Waals surface area contributed by atoms with Crippen LogP contribution in [0.15, 0.2) is 42.5 Å². The lowest BCUT2D eigenvalue weighted by Crippen LogP contribution is -2.41. The number of hydrogen-bond donors (Lipinski definition) is 0. The zero-order chi connectivity index (χ0) is 22.8. The number of likely N-dealkylation sites (N-methyl/N-ethyl adjacent to an activating group) is 1. The third kappa shape index (κ3) is 4.82. The number of carbonyl (C=O) groups is 4. The Kier molecular flexibility index (Phi) is 5.96. The fraction of sp³-hybridized carbons (Fsp3) is 0.273. The molecule has 0 radical (unpaired) electrons. The minimum Gasteiger partial charge on any atom is -0.483 e. The van der Waals surface area contributed by atoms with Crippen molar-refractivity contribution in [3.63, 3.8) is 0 Å². The highest BCUT2D eigenvalue weighted by molar-refractivity contribution is 6.35. The van der Waals surface area contributed by atoms with Gasteiger partial charge in [0.2, 0.25) is 0 Å². The normalized spacial score (nSPS) is 13.4. The molecule has 9 nitrogen and oxygen atoms in total. The van der Waals surface area contributed by atoms with Gasteiger partial charge in [-0.25, -0.2) is 19.3 Å². The summed E-state index contributed by atoms with van der Waals surface area (Å²) in [7, 11) is 2.33. The van der Waals surface area contributed by atoms with Gasteiger partial charge in [-0.3, -0.25) is 4.79 Å². The van der Waals surface area contributed by atoms with Crippen LogP contribution in [0.25, 0.3) is 0 Å². The fourth-order valence-corrected chi connectivity index (χ4v) is 2.98. The molecule has 9 heteroatoms. The van der Waals surface area contributed by atoms with Crippen LogP contribution in [-0.2, 0) is 20.7 Å². The molecule has 1 aliphatic heterocycles. The Balaban J connectivity index is 1.64. The SMILES string of the molecule is COC(=O)c1ccc(OC(=O)C(=O)N(C)C(=O)Oc2cccc3c2OC(C)(C)C3)cc1. The lowest BCUT2D eigenvalue weighted by Gasteiger charge is -2.19. The number of fused-ring (bicyclic) bond motifs is 1. The number of para-hydroxylation sites is 1. The molecule has 2 aromatic carbocycles. The van der Waals surface area contributed by atoms with Crippen molar-refractivity contribution in [3.8, 4) is 17.2 Å². The van der Waals surface area contributed by atoms with E-state index in [0.717, 1.165) is 12.6 Å². The van der Waals surface area contributed by atoms with Crippen molar-refractivity contribution >= 4 is 23.9 Å². The van der Waals surface area contributed by atoms with Crippen molar-refractivity contribution in [1.29, 1.82) is 0 Å². The second-order valence-corrected chi connectivity index (χ2v) is 7.42. The molecule has 0 aromatic heterocycles. The number of imide groups is 1. The zero-order valence-electron chi connectivity index (χ0n) is 17.5. The van der Waals surface area contributed by atoms with Gasteiger partial charge in [-0.2, -0.15) is 0 Å². The summed E-state index contributed by atoms with van der Waals surface area (Å²) in [5.41, 5.74) is 0.675. The Morgan fingerprint density at radius 2 is 1.68 bits per heavy atom. The molecule has 1 heterocycles. The van der Waals surface area contributed by atoms with E-state index in [1.807, 2.05) is 19.9 Å². The molecule has 3 rings (SSSR count). The van der Waals surface area contributed by atoms with Crippen LogP contribution >= 0.6 is 0 Å². The summed E-state index contributed by atoms with van der Waals surface area (Å²) >= 11 is 0. The molecule has 31 heavy (non-hydrogen) atoms. The van der Waals surface area contributed by atoms with Crippen LogP contribution < -0.4 is 14.2 Å². The van der Waals surface area contributed by atoms with Gasteiger partial charge in [-0.05, 0) is 44.2 Å². The lowest BCUT2D eigenvalue weighted by atomic mass is 10.0. The van der Waals surface area contributed by atoms with Gasteiger partial charge in [0, 0.05) is 19.0 Å². The Morgan fingerprint density at radius 1 is 1.00 bits per heavy atom. The van der Waals surface area contributed by atoms with E-state index in [1.165, 1.54) is 37.4 Å². The average Bonchev–Trinajstić information content (AvgIpc) is 3.07. The van der Waals surface area contributed by atoms with E-state index in [2.05, 4.69) is 4.74 Å². The van der Waals surface area contributed by atoms with Crippen LogP contribution in [0.5, 0.6) is 17.2 Å². The van der Waals surface area contributed by atoms with Crippen LogP contribution in [0.2, 0.25) is 0 Å². The summed E-state index contributed by atoms with van der Waals surface area (Å²) in [6.45, 7) is 3.81. The van der Waals surface area contributed by atoms with Gasteiger partial charge in [0.05, 0.1) is 12.7 Å². The van der Waals surface area contributed by atoms with Crippen molar-refractivity contribution in [1.82, 2.24) is 4.90 Å². The van der Waals surface area contributed by atoms with Crippen molar-refractivity contribution in [2.24, 2.45) is 0 Å². The van der Waals surface area contributed by atoms with E-state index >= 15 is 0 Å². The molecule has 0 bridgehead atoms. The predicted octanol–water partition coefficient (Wildman–Crippen LogP) is 2.75. The fourth-order valence-electron chi connectivity index (χ4n) is 2.98. The molecule has 2 aromatic rings. The third-order valence-electron chi connectivity index (χ3n) is 4.49. The Bertz CT molecular complexity index is 1040. The zero-order valence-corrected chi connectivity index (χ0v) is 17.5. The minimum atomic E-state index is -1.29. The summed E-state index contributed by atoms with van der Waals surface area (Å²) in [6.07, 6.45) is -0.423. The van der Waals surface area contributed by atoms with E-state index in [0.29, 0.717) is 17.1 Å². The van der Waals surface area contributed by atoms with Crippen LogP contribution in [0.1, 0.15) is 29.8 Å². The maximum absolute atomic E-state index is 12.4.